The molecule has 2 aromatic rings. The molecule has 1 aliphatic heterocycles. The number of carbonyl (C=O) groups is 2. The molecular formula is C16H17N5O4. The summed E-state index contributed by atoms with van der Waals surface area (Å²) in [5.74, 6) is -0.478. The molecule has 1 saturated heterocycles. The largest absolute Gasteiger partial charge is 0.477 e. The summed E-state index contributed by atoms with van der Waals surface area (Å²) < 4.78 is 5.29. The van der Waals surface area contributed by atoms with E-state index in [1.165, 1.54) is 6.07 Å². The van der Waals surface area contributed by atoms with Gasteiger partial charge in [0.25, 0.3) is 11.7 Å². The first-order valence-corrected chi connectivity index (χ1v) is 8.23. The van der Waals surface area contributed by atoms with Crippen molar-refractivity contribution in [2.45, 2.75) is 37.8 Å². The van der Waals surface area contributed by atoms with Crippen LogP contribution in [0.15, 0.2) is 22.7 Å². The van der Waals surface area contributed by atoms with Gasteiger partial charge in [-0.25, -0.2) is 9.78 Å². The van der Waals surface area contributed by atoms with Gasteiger partial charge >= 0.3 is 5.97 Å². The van der Waals surface area contributed by atoms with E-state index in [4.69, 9.17) is 9.63 Å². The molecule has 0 radical (unpaired) electrons. The Kier molecular flexibility index (Phi) is 3.83. The second-order valence-corrected chi connectivity index (χ2v) is 6.24. The number of pyridine rings is 1. The van der Waals surface area contributed by atoms with Gasteiger partial charge in [0.15, 0.2) is 5.69 Å². The number of hydrogen-bond acceptors (Lipinski definition) is 7. The number of nitrogens with one attached hydrogen (secondary N) is 1. The first-order valence-electron chi connectivity index (χ1n) is 8.23. The maximum absolute atomic E-state index is 12.0. The number of amides is 1. The Labute approximate surface area is 143 Å². The Balaban J connectivity index is 1.55. The van der Waals surface area contributed by atoms with E-state index in [1.54, 1.807) is 12.1 Å². The minimum Gasteiger partial charge on any atom is -0.477 e. The number of rotatable bonds is 5. The van der Waals surface area contributed by atoms with E-state index >= 15 is 0 Å². The zero-order chi connectivity index (χ0) is 17.4. The summed E-state index contributed by atoms with van der Waals surface area (Å²) in [6, 6.07) is 4.86. The minimum absolute atomic E-state index is 0.0156. The van der Waals surface area contributed by atoms with Gasteiger partial charge in [0.05, 0.1) is 0 Å². The first kappa shape index (κ1) is 15.6. The molecule has 25 heavy (non-hydrogen) atoms. The third-order valence-electron chi connectivity index (χ3n) is 4.34. The van der Waals surface area contributed by atoms with Gasteiger partial charge < -0.3 is 19.8 Å². The Morgan fingerprint density at radius 3 is 2.84 bits per heavy atom. The maximum Gasteiger partial charge on any atom is 0.354 e. The lowest BCUT2D eigenvalue weighted by atomic mass is 10.2. The van der Waals surface area contributed by atoms with Gasteiger partial charge in [-0.1, -0.05) is 11.2 Å². The average Bonchev–Trinajstić information content (AvgIpc) is 3.12. The van der Waals surface area contributed by atoms with E-state index < -0.39 is 5.97 Å². The normalized spacial score (nSPS) is 19.8. The fourth-order valence-electron chi connectivity index (χ4n) is 2.94. The van der Waals surface area contributed by atoms with Crippen molar-refractivity contribution in [3.05, 3.63) is 35.6 Å². The van der Waals surface area contributed by atoms with E-state index in [9.17, 15) is 9.59 Å². The molecule has 1 aliphatic carbocycles. The second kappa shape index (κ2) is 6.15. The Morgan fingerprint density at radius 1 is 1.24 bits per heavy atom. The highest BCUT2D eigenvalue weighted by Crippen LogP contribution is 2.34. The van der Waals surface area contributed by atoms with E-state index in [1.807, 2.05) is 4.90 Å². The van der Waals surface area contributed by atoms with Crippen LogP contribution in [-0.2, 0) is 0 Å². The van der Waals surface area contributed by atoms with Gasteiger partial charge in [-0.2, -0.15) is 4.98 Å². The van der Waals surface area contributed by atoms with Crippen LogP contribution in [0, 0.1) is 0 Å². The van der Waals surface area contributed by atoms with Crippen LogP contribution in [0.2, 0.25) is 0 Å². The molecule has 9 heteroatoms. The third kappa shape index (κ3) is 3.17. The molecule has 1 amide bonds. The quantitative estimate of drug-likeness (QED) is 0.835. The van der Waals surface area contributed by atoms with Crippen molar-refractivity contribution in [1.29, 1.82) is 0 Å². The number of hydrogen-bond donors (Lipinski definition) is 2. The topological polar surface area (TPSA) is 121 Å². The van der Waals surface area contributed by atoms with Crippen molar-refractivity contribution in [3.8, 4) is 0 Å². The van der Waals surface area contributed by atoms with Crippen molar-refractivity contribution in [2.24, 2.45) is 0 Å². The highest BCUT2D eigenvalue weighted by atomic mass is 16.5. The lowest BCUT2D eigenvalue weighted by Crippen LogP contribution is -2.27. The van der Waals surface area contributed by atoms with Crippen LogP contribution in [-0.4, -0.2) is 44.7 Å². The third-order valence-corrected chi connectivity index (χ3v) is 4.34. The molecule has 2 aromatic heterocycles. The van der Waals surface area contributed by atoms with Crippen LogP contribution in [0.5, 0.6) is 0 Å². The molecule has 1 unspecified atom stereocenters. The summed E-state index contributed by atoms with van der Waals surface area (Å²) >= 11 is 0. The molecule has 2 fully saturated rings. The van der Waals surface area contributed by atoms with Crippen LogP contribution in [0.4, 0.5) is 5.82 Å². The van der Waals surface area contributed by atoms with E-state index in [2.05, 4.69) is 20.4 Å². The SMILES string of the molecule is O=C(O)c1cccc(N2CCCC2c2nc(C(=O)NC3CC3)no2)n1. The number of nitrogens with zero attached hydrogens (tertiary/aromatic N) is 4. The molecule has 0 bridgehead atoms. The number of carboxylic acid groups (broad SMARTS) is 1. The van der Waals surface area contributed by atoms with Crippen molar-refractivity contribution in [1.82, 2.24) is 20.4 Å². The van der Waals surface area contributed by atoms with Crippen molar-refractivity contribution in [2.75, 3.05) is 11.4 Å². The minimum atomic E-state index is -1.07. The van der Waals surface area contributed by atoms with E-state index in [-0.39, 0.29) is 29.5 Å². The Morgan fingerprint density at radius 2 is 2.08 bits per heavy atom. The standard InChI is InChI=1S/C16H17N5O4/c22-14(17-9-6-7-9)13-19-15(25-20-13)11-4-2-8-21(11)12-5-1-3-10(18-12)16(23)24/h1,3,5,9,11H,2,4,6-8H2,(H,17,22)(H,23,24). The average molecular weight is 343 g/mol. The lowest BCUT2D eigenvalue weighted by molar-refractivity contribution is 0.0690. The van der Waals surface area contributed by atoms with Gasteiger partial charge in [0, 0.05) is 12.6 Å². The summed E-state index contributed by atoms with van der Waals surface area (Å²) in [6.45, 7) is 0.701. The number of carboxylic acids is 1. The van der Waals surface area contributed by atoms with Crippen LogP contribution in [0.25, 0.3) is 0 Å². The van der Waals surface area contributed by atoms with Crippen LogP contribution < -0.4 is 10.2 Å². The van der Waals surface area contributed by atoms with Gasteiger partial charge in [-0.3, -0.25) is 4.79 Å². The molecule has 1 atom stereocenters. The molecule has 130 valence electrons. The van der Waals surface area contributed by atoms with Crippen molar-refractivity contribution in [3.63, 3.8) is 0 Å². The summed E-state index contributed by atoms with van der Waals surface area (Å²) in [5.41, 5.74) is -0.0156. The monoisotopic (exact) mass is 343 g/mol. The summed E-state index contributed by atoms with van der Waals surface area (Å²) in [4.78, 5) is 33.5. The van der Waals surface area contributed by atoms with Gasteiger partial charge in [-0.15, -0.1) is 0 Å². The number of aromatic carboxylic acids is 1. The molecule has 2 N–H and O–H groups in total. The molecule has 9 nitrogen and oxygen atoms in total. The number of carbonyl (C=O) groups excluding carboxylic acids is 1. The molecule has 3 heterocycles. The van der Waals surface area contributed by atoms with Crippen molar-refractivity contribution >= 4 is 17.7 Å². The smallest absolute Gasteiger partial charge is 0.354 e. The van der Waals surface area contributed by atoms with Gasteiger partial charge in [-0.05, 0) is 37.8 Å². The Bertz CT molecular complexity index is 816. The summed E-state index contributed by atoms with van der Waals surface area (Å²) in [5, 5.41) is 15.7. The summed E-state index contributed by atoms with van der Waals surface area (Å²) in [7, 11) is 0. The van der Waals surface area contributed by atoms with Crippen LogP contribution in [0.3, 0.4) is 0 Å². The van der Waals surface area contributed by atoms with E-state index in [0.717, 1.165) is 25.7 Å². The number of anilines is 1. The predicted octanol–water partition coefficient (Wildman–Crippen LogP) is 1.40. The molecule has 0 spiro atoms. The summed E-state index contributed by atoms with van der Waals surface area (Å²) in [6.07, 6.45) is 3.62. The lowest BCUT2D eigenvalue weighted by Gasteiger charge is -2.22. The van der Waals surface area contributed by atoms with Gasteiger partial charge in [0.1, 0.15) is 11.9 Å². The zero-order valence-electron chi connectivity index (χ0n) is 13.4. The van der Waals surface area contributed by atoms with E-state index in [0.29, 0.717) is 18.3 Å². The highest BCUT2D eigenvalue weighted by molar-refractivity contribution is 5.90. The van der Waals surface area contributed by atoms with Gasteiger partial charge in [0.2, 0.25) is 5.89 Å². The second-order valence-electron chi connectivity index (χ2n) is 6.24. The molecule has 2 aliphatic rings. The van der Waals surface area contributed by atoms with Crippen LogP contribution >= 0.6 is 0 Å². The predicted molar refractivity (Wildman–Crippen MR) is 85.3 cm³/mol. The molecule has 1 saturated carbocycles. The maximum atomic E-state index is 12.0. The Hall–Kier alpha value is -2.97. The van der Waals surface area contributed by atoms with Crippen molar-refractivity contribution < 1.29 is 19.2 Å². The first-order chi connectivity index (χ1) is 12.1. The highest BCUT2D eigenvalue weighted by Gasteiger charge is 2.33. The fourth-order valence-corrected chi connectivity index (χ4v) is 2.94. The molecule has 4 rings (SSSR count). The number of aromatic nitrogens is 3. The zero-order valence-corrected chi connectivity index (χ0v) is 13.4. The molecular weight excluding hydrogens is 326 g/mol. The fraction of sp³-hybridized carbons (Fsp3) is 0.438. The van der Waals surface area contributed by atoms with Crippen LogP contribution in [0.1, 0.15) is 58.7 Å². The molecule has 0 aromatic carbocycles.